The number of carbonyl (C=O) groups is 1. The van der Waals surface area contributed by atoms with E-state index in [1.807, 2.05) is 6.07 Å². The zero-order valence-electron chi connectivity index (χ0n) is 8.14. The lowest BCUT2D eigenvalue weighted by atomic mass is 10.4. The van der Waals surface area contributed by atoms with Crippen molar-refractivity contribution in [2.75, 3.05) is 0 Å². The van der Waals surface area contributed by atoms with Gasteiger partial charge in [-0.1, -0.05) is 0 Å². The summed E-state index contributed by atoms with van der Waals surface area (Å²) in [4.78, 5) is 10.7. The number of hydrogen-bond donors (Lipinski definition) is 0. The molecule has 0 amide bonds. The quantitative estimate of drug-likeness (QED) is 0.235. The second-order valence-corrected chi connectivity index (χ2v) is 9.37. The average Bonchev–Trinajstić information content (AvgIpc) is 1.96. The van der Waals surface area contributed by atoms with Crippen LogP contribution in [0.3, 0.4) is 0 Å². The fourth-order valence-electron chi connectivity index (χ4n) is 0.838. The molecule has 5 heteroatoms. The van der Waals surface area contributed by atoms with Gasteiger partial charge in [0.25, 0.3) is 0 Å². The van der Waals surface area contributed by atoms with Crippen molar-refractivity contribution in [3.05, 3.63) is 11.0 Å². The predicted molar refractivity (Wildman–Crippen MR) is 53.4 cm³/mol. The Morgan fingerprint density at radius 2 is 1.92 bits per heavy atom. The molecular weight excluding hydrogens is 206 g/mol. The van der Waals surface area contributed by atoms with Crippen LogP contribution in [0, 0.1) is 11.3 Å². The summed E-state index contributed by atoms with van der Waals surface area (Å²) in [5, 5.41) is 9.00. The molecule has 0 radical (unpaired) electrons. The summed E-state index contributed by atoms with van der Waals surface area (Å²) in [5.74, 6) is -0.439. The number of nitriles is 1. The van der Waals surface area contributed by atoms with Gasteiger partial charge in [-0.2, -0.15) is 16.3 Å². The molecule has 0 aliphatic heterocycles. The highest BCUT2D eigenvalue weighted by Crippen LogP contribution is 2.23. The molecular formula is C8H12ClNO2Si. The minimum Gasteiger partial charge on any atom is -0.434 e. The molecule has 0 aliphatic rings. The van der Waals surface area contributed by atoms with Crippen molar-refractivity contribution in [3.8, 4) is 6.07 Å². The first-order valence-electron chi connectivity index (χ1n) is 3.77. The maximum absolute atomic E-state index is 10.7. The van der Waals surface area contributed by atoms with Crippen molar-refractivity contribution in [2.24, 2.45) is 0 Å². The van der Waals surface area contributed by atoms with Crippen LogP contribution in [0.2, 0.25) is 13.1 Å². The Kier molecular flexibility index (Phi) is 4.17. The van der Waals surface area contributed by atoms with E-state index in [4.69, 9.17) is 21.1 Å². The van der Waals surface area contributed by atoms with Gasteiger partial charge in [-0.05, 0) is 20.0 Å². The highest BCUT2D eigenvalue weighted by atomic mass is 35.6. The van der Waals surface area contributed by atoms with Crippen molar-refractivity contribution in [2.45, 2.75) is 26.9 Å². The van der Waals surface area contributed by atoms with Gasteiger partial charge in [-0.3, -0.25) is 4.79 Å². The van der Waals surface area contributed by atoms with Gasteiger partial charge >= 0.3 is 5.97 Å². The van der Waals surface area contributed by atoms with Gasteiger partial charge < -0.3 is 4.74 Å². The molecule has 0 N–H and O–H groups in total. The third kappa shape index (κ3) is 4.11. The molecule has 0 saturated heterocycles. The maximum Gasteiger partial charge on any atom is 0.307 e. The third-order valence-electron chi connectivity index (χ3n) is 1.29. The second kappa shape index (κ2) is 4.45. The van der Waals surface area contributed by atoms with E-state index in [0.717, 1.165) is 0 Å². The van der Waals surface area contributed by atoms with Crippen molar-refractivity contribution in [3.63, 3.8) is 0 Å². The Balaban J connectivity index is 5.03. The van der Waals surface area contributed by atoms with E-state index in [9.17, 15) is 4.79 Å². The number of esters is 1. The first-order valence-corrected chi connectivity index (χ1v) is 7.79. The van der Waals surface area contributed by atoms with E-state index in [0.29, 0.717) is 11.0 Å². The van der Waals surface area contributed by atoms with E-state index in [1.54, 1.807) is 20.0 Å². The molecule has 0 aromatic carbocycles. The van der Waals surface area contributed by atoms with Crippen molar-refractivity contribution in [1.82, 2.24) is 0 Å². The third-order valence-corrected chi connectivity index (χ3v) is 3.37. The zero-order valence-corrected chi connectivity index (χ0v) is 9.90. The molecule has 0 saturated carbocycles. The fourth-order valence-corrected chi connectivity index (χ4v) is 2.71. The molecule has 72 valence electrons. The Bertz CT molecular complexity index is 285. The molecule has 0 atom stereocenters. The van der Waals surface area contributed by atoms with Crippen LogP contribution in [0.5, 0.6) is 0 Å². The number of halogens is 1. The Morgan fingerprint density at radius 3 is 2.15 bits per heavy atom. The molecule has 0 fully saturated rings. The summed E-state index contributed by atoms with van der Waals surface area (Å²) in [6, 6.07) is 1.93. The van der Waals surface area contributed by atoms with Gasteiger partial charge in [0, 0.05) is 6.92 Å². The van der Waals surface area contributed by atoms with Crippen molar-refractivity contribution >= 4 is 24.4 Å². The van der Waals surface area contributed by atoms with Crippen molar-refractivity contribution < 1.29 is 9.53 Å². The van der Waals surface area contributed by atoms with Crippen LogP contribution >= 0.6 is 11.1 Å². The number of rotatable bonds is 2. The van der Waals surface area contributed by atoms with Crippen LogP contribution in [-0.4, -0.2) is 13.4 Å². The molecule has 0 aromatic heterocycles. The molecule has 0 bridgehead atoms. The largest absolute Gasteiger partial charge is 0.434 e. The van der Waals surface area contributed by atoms with Crippen LogP contribution < -0.4 is 0 Å². The normalized spacial score (nSPS) is 12.9. The molecule has 0 aliphatic carbocycles. The summed E-state index contributed by atoms with van der Waals surface area (Å²) in [5.41, 5.74) is 0.377. The van der Waals surface area contributed by atoms with Gasteiger partial charge in [-0.15, -0.1) is 0 Å². The molecule has 0 heterocycles. The number of ether oxygens (including phenoxy) is 1. The highest BCUT2D eigenvalue weighted by molar-refractivity contribution is 7.22. The fraction of sp³-hybridized carbons (Fsp3) is 0.500. The van der Waals surface area contributed by atoms with E-state index in [-0.39, 0.29) is 0 Å². The minimum atomic E-state index is -2.25. The lowest BCUT2D eigenvalue weighted by molar-refractivity contribution is -0.136. The Morgan fingerprint density at radius 1 is 1.46 bits per heavy atom. The first kappa shape index (κ1) is 12.2. The number of allylic oxidation sites excluding steroid dienone is 1. The summed E-state index contributed by atoms with van der Waals surface area (Å²) in [7, 11) is -2.25. The number of carbonyl (C=O) groups excluding carboxylic acids is 1. The first-order chi connectivity index (χ1) is 5.79. The lowest BCUT2D eigenvalue weighted by Gasteiger charge is -2.17. The van der Waals surface area contributed by atoms with Gasteiger partial charge in [0.2, 0.25) is 7.38 Å². The molecule has 3 nitrogen and oxygen atoms in total. The monoisotopic (exact) mass is 217 g/mol. The maximum atomic E-state index is 10.7. The predicted octanol–water partition coefficient (Wildman–Crippen LogP) is 2.33. The number of nitrogens with zero attached hydrogens (tertiary/aromatic N) is 1. The van der Waals surface area contributed by atoms with E-state index in [1.165, 1.54) is 6.92 Å². The standard InChI is InChI=1S/C8H12ClNO2Si/c1-6(5-10)8(12-7(2)11)13(3,4)9/h1-4H3. The summed E-state index contributed by atoms with van der Waals surface area (Å²) < 4.78 is 4.92. The topological polar surface area (TPSA) is 50.1 Å². The molecule has 0 unspecified atom stereocenters. The van der Waals surface area contributed by atoms with E-state index >= 15 is 0 Å². The van der Waals surface area contributed by atoms with Gasteiger partial charge in [0.1, 0.15) is 5.38 Å². The van der Waals surface area contributed by atoms with Crippen LogP contribution in [0.4, 0.5) is 0 Å². The highest BCUT2D eigenvalue weighted by Gasteiger charge is 2.29. The van der Waals surface area contributed by atoms with Crippen LogP contribution in [-0.2, 0) is 9.53 Å². The van der Waals surface area contributed by atoms with Crippen molar-refractivity contribution in [1.29, 1.82) is 5.26 Å². The molecule has 13 heavy (non-hydrogen) atoms. The average molecular weight is 218 g/mol. The summed E-state index contributed by atoms with van der Waals surface area (Å²) in [6.07, 6.45) is 0. The Hall–Kier alpha value is -0.793. The summed E-state index contributed by atoms with van der Waals surface area (Å²) >= 11 is 6.07. The van der Waals surface area contributed by atoms with Crippen LogP contribution in [0.15, 0.2) is 11.0 Å². The van der Waals surface area contributed by atoms with Gasteiger partial charge in [0.15, 0.2) is 0 Å². The Labute approximate surface area is 83.7 Å². The van der Waals surface area contributed by atoms with E-state index in [2.05, 4.69) is 0 Å². The second-order valence-electron chi connectivity index (χ2n) is 3.13. The van der Waals surface area contributed by atoms with Crippen LogP contribution in [0.25, 0.3) is 0 Å². The minimum absolute atomic E-state index is 0.351. The summed E-state index contributed by atoms with van der Waals surface area (Å²) in [6.45, 7) is 6.48. The molecule has 0 aromatic rings. The van der Waals surface area contributed by atoms with Crippen LogP contribution in [0.1, 0.15) is 13.8 Å². The van der Waals surface area contributed by atoms with Gasteiger partial charge in [-0.25, -0.2) is 0 Å². The lowest BCUT2D eigenvalue weighted by Crippen LogP contribution is -2.25. The smallest absolute Gasteiger partial charge is 0.307 e. The molecule has 0 spiro atoms. The zero-order chi connectivity index (χ0) is 10.6. The SMILES string of the molecule is CC(=O)OC(=C(C)C#N)[Si](C)(C)Cl. The molecule has 0 rings (SSSR count). The van der Waals surface area contributed by atoms with Gasteiger partial charge in [0.05, 0.1) is 11.6 Å². The van der Waals surface area contributed by atoms with E-state index < -0.39 is 13.4 Å². The number of hydrogen-bond acceptors (Lipinski definition) is 3.